The van der Waals surface area contributed by atoms with E-state index in [1.54, 1.807) is 0 Å². The summed E-state index contributed by atoms with van der Waals surface area (Å²) in [6, 6.07) is -1.04. The van der Waals surface area contributed by atoms with Crippen LogP contribution in [0.1, 0.15) is 57.0 Å². The van der Waals surface area contributed by atoms with Crippen LogP contribution in [0.3, 0.4) is 0 Å². The quantitative estimate of drug-likeness (QED) is 0.566. The maximum absolute atomic E-state index is 12.3. The summed E-state index contributed by atoms with van der Waals surface area (Å²) in [6.45, 7) is 5.41. The van der Waals surface area contributed by atoms with E-state index in [-0.39, 0.29) is 36.3 Å². The largest absolute Gasteiger partial charge is 0.421 e. The topological polar surface area (TPSA) is 126 Å². The van der Waals surface area contributed by atoms with Crippen LogP contribution in [0, 0.1) is 11.8 Å². The molecule has 1 aliphatic rings. The normalized spacial score (nSPS) is 20.0. The van der Waals surface area contributed by atoms with Crippen molar-refractivity contribution in [2.75, 3.05) is 19.7 Å². The lowest BCUT2D eigenvalue weighted by Gasteiger charge is -2.23. The Bertz CT molecular complexity index is 501. The summed E-state index contributed by atoms with van der Waals surface area (Å²) in [4.78, 5) is 12.3. The van der Waals surface area contributed by atoms with Gasteiger partial charge in [0.15, 0.2) is 0 Å². The minimum absolute atomic E-state index is 0.0462. The fourth-order valence-electron chi connectivity index (χ4n) is 2.58. The molecule has 1 aliphatic heterocycles. The third-order valence-electron chi connectivity index (χ3n) is 4.51. The first-order valence-corrected chi connectivity index (χ1v) is 8.27. The van der Waals surface area contributed by atoms with Crippen LogP contribution in [0.2, 0.25) is 0 Å². The van der Waals surface area contributed by atoms with Gasteiger partial charge in [0.2, 0.25) is 17.7 Å². The predicted molar refractivity (Wildman–Crippen MR) is 84.2 cm³/mol. The molecule has 2 rings (SSSR count). The third-order valence-corrected chi connectivity index (χ3v) is 4.51. The van der Waals surface area contributed by atoms with Crippen LogP contribution in [0.4, 0.5) is 0 Å². The van der Waals surface area contributed by atoms with E-state index in [1.165, 1.54) is 0 Å². The van der Waals surface area contributed by atoms with Gasteiger partial charge < -0.3 is 25.9 Å². The van der Waals surface area contributed by atoms with Gasteiger partial charge in [0.25, 0.3) is 0 Å². The number of hydrogen-bond donors (Lipinski definition) is 4. The molecule has 0 aromatic carbocycles. The average Bonchev–Trinajstić information content (AvgIpc) is 3.08. The number of hydrogen-bond acceptors (Lipinski definition) is 7. The van der Waals surface area contributed by atoms with Crippen LogP contribution in [0.5, 0.6) is 0 Å². The summed E-state index contributed by atoms with van der Waals surface area (Å²) in [6.07, 6.45) is 2.48. The number of rotatable bonds is 7. The molecule has 5 N–H and O–H groups in total. The Morgan fingerprint density at radius 1 is 1.43 bits per heavy atom. The first kappa shape index (κ1) is 17.8. The second-order valence-corrected chi connectivity index (χ2v) is 6.16. The van der Waals surface area contributed by atoms with Crippen molar-refractivity contribution in [2.45, 2.75) is 45.2 Å². The Kier molecular flexibility index (Phi) is 6.49. The molecule has 130 valence electrons. The number of carbonyl (C=O) groups is 1. The molecule has 8 heteroatoms. The number of piperidine rings is 1. The van der Waals surface area contributed by atoms with Gasteiger partial charge in [-0.3, -0.25) is 4.79 Å². The molecular weight excluding hydrogens is 298 g/mol. The smallest absolute Gasteiger partial charge is 0.241 e. The fraction of sp³-hybridized carbons (Fsp3) is 0.800. The van der Waals surface area contributed by atoms with Crippen molar-refractivity contribution in [3.63, 3.8) is 0 Å². The van der Waals surface area contributed by atoms with Crippen molar-refractivity contribution in [1.82, 2.24) is 20.8 Å². The molecule has 1 aromatic heterocycles. The summed E-state index contributed by atoms with van der Waals surface area (Å²) in [7, 11) is 0. The molecule has 1 unspecified atom stereocenters. The van der Waals surface area contributed by atoms with Gasteiger partial charge in [-0.05, 0) is 31.8 Å². The van der Waals surface area contributed by atoms with Crippen molar-refractivity contribution < 1.29 is 14.3 Å². The highest BCUT2D eigenvalue weighted by molar-refractivity contribution is 5.79. The maximum Gasteiger partial charge on any atom is 0.241 e. The number of nitrogens with one attached hydrogen (secondary N) is 2. The molecule has 3 atom stereocenters. The zero-order valence-corrected chi connectivity index (χ0v) is 13.8. The van der Waals surface area contributed by atoms with E-state index in [1.807, 2.05) is 13.8 Å². The number of amides is 1. The highest BCUT2D eigenvalue weighted by Gasteiger charge is 2.27. The van der Waals surface area contributed by atoms with Crippen LogP contribution in [0.25, 0.3) is 0 Å². The summed E-state index contributed by atoms with van der Waals surface area (Å²) >= 11 is 0. The van der Waals surface area contributed by atoms with E-state index < -0.39 is 6.04 Å². The van der Waals surface area contributed by atoms with Gasteiger partial charge in [-0.2, -0.15) is 0 Å². The fourth-order valence-corrected chi connectivity index (χ4v) is 2.58. The van der Waals surface area contributed by atoms with Crippen LogP contribution < -0.4 is 16.4 Å². The molecule has 1 fully saturated rings. The number of aliphatic hydroxyl groups is 1. The second-order valence-electron chi connectivity index (χ2n) is 6.16. The molecule has 2 heterocycles. The number of aliphatic hydroxyl groups excluding tert-OH is 1. The number of nitrogens with two attached hydrogens (primary N) is 1. The molecule has 0 aliphatic carbocycles. The third kappa shape index (κ3) is 4.49. The lowest BCUT2D eigenvalue weighted by Crippen LogP contribution is -2.40. The number of carbonyl (C=O) groups excluding carboxylic acids is 1. The van der Waals surface area contributed by atoms with E-state index in [2.05, 4.69) is 20.8 Å². The minimum Gasteiger partial charge on any atom is -0.421 e. The monoisotopic (exact) mass is 325 g/mol. The molecule has 1 saturated heterocycles. The standard InChI is InChI=1S/C15H27N5O3/c1-3-9(2)12(16)15-20-19-14(23-15)11(8-21)18-13(22)10-4-6-17-7-5-10/h9-12,17,21H,3-8,16H2,1-2H3,(H,18,22)/t9?,11-,12-/m0/s1. The highest BCUT2D eigenvalue weighted by Crippen LogP contribution is 2.23. The molecule has 1 amide bonds. The van der Waals surface area contributed by atoms with E-state index in [4.69, 9.17) is 10.2 Å². The average molecular weight is 325 g/mol. The van der Waals surface area contributed by atoms with Gasteiger partial charge >= 0.3 is 0 Å². The SMILES string of the molecule is CCC(C)[C@H](N)c1nnc([C@H](CO)NC(=O)C2CCNCC2)o1. The van der Waals surface area contributed by atoms with Gasteiger partial charge in [0.1, 0.15) is 6.04 Å². The molecule has 0 bridgehead atoms. The predicted octanol–water partition coefficient (Wildman–Crippen LogP) is 0.265. The van der Waals surface area contributed by atoms with Crippen molar-refractivity contribution in [3.05, 3.63) is 11.8 Å². The Balaban J connectivity index is 2.00. The molecule has 0 radical (unpaired) electrons. The molecule has 1 aromatic rings. The van der Waals surface area contributed by atoms with E-state index in [0.717, 1.165) is 32.4 Å². The van der Waals surface area contributed by atoms with Crippen molar-refractivity contribution in [2.24, 2.45) is 17.6 Å². The van der Waals surface area contributed by atoms with Gasteiger partial charge in [-0.15, -0.1) is 10.2 Å². The molecular formula is C15H27N5O3. The molecule has 0 spiro atoms. The summed E-state index contributed by atoms with van der Waals surface area (Å²) in [5, 5.41) is 23.5. The van der Waals surface area contributed by atoms with Crippen LogP contribution in [-0.4, -0.2) is 40.9 Å². The molecule has 23 heavy (non-hydrogen) atoms. The zero-order valence-electron chi connectivity index (χ0n) is 13.8. The number of aromatic nitrogens is 2. The van der Waals surface area contributed by atoms with Crippen LogP contribution in [0.15, 0.2) is 4.42 Å². The first-order chi connectivity index (χ1) is 11.1. The van der Waals surface area contributed by atoms with E-state index in [0.29, 0.717) is 5.89 Å². The minimum atomic E-state index is -0.692. The van der Waals surface area contributed by atoms with E-state index in [9.17, 15) is 9.90 Å². The maximum atomic E-state index is 12.3. The lowest BCUT2D eigenvalue weighted by molar-refractivity contribution is -0.127. The Hall–Kier alpha value is -1.51. The Morgan fingerprint density at radius 2 is 2.09 bits per heavy atom. The first-order valence-electron chi connectivity index (χ1n) is 8.27. The van der Waals surface area contributed by atoms with Crippen LogP contribution >= 0.6 is 0 Å². The van der Waals surface area contributed by atoms with Gasteiger partial charge in [-0.1, -0.05) is 20.3 Å². The van der Waals surface area contributed by atoms with Gasteiger partial charge in [0, 0.05) is 5.92 Å². The van der Waals surface area contributed by atoms with E-state index >= 15 is 0 Å². The van der Waals surface area contributed by atoms with Crippen molar-refractivity contribution in [3.8, 4) is 0 Å². The number of nitrogens with zero attached hydrogens (tertiary/aromatic N) is 2. The van der Waals surface area contributed by atoms with Crippen molar-refractivity contribution in [1.29, 1.82) is 0 Å². The van der Waals surface area contributed by atoms with Crippen LogP contribution in [-0.2, 0) is 4.79 Å². The summed E-state index contributed by atoms with van der Waals surface area (Å²) < 4.78 is 5.58. The zero-order chi connectivity index (χ0) is 16.8. The molecule has 0 saturated carbocycles. The lowest BCUT2D eigenvalue weighted by atomic mass is 9.97. The Morgan fingerprint density at radius 3 is 2.70 bits per heavy atom. The Labute approximate surface area is 136 Å². The summed E-state index contributed by atoms with van der Waals surface area (Å²) in [5.74, 6) is 0.610. The summed E-state index contributed by atoms with van der Waals surface area (Å²) in [5.41, 5.74) is 6.07. The van der Waals surface area contributed by atoms with Gasteiger partial charge in [0.05, 0.1) is 12.6 Å². The van der Waals surface area contributed by atoms with Gasteiger partial charge in [-0.25, -0.2) is 0 Å². The highest BCUT2D eigenvalue weighted by atomic mass is 16.4. The second kappa shape index (κ2) is 8.37. The van der Waals surface area contributed by atoms with Crippen molar-refractivity contribution >= 4 is 5.91 Å². The molecule has 8 nitrogen and oxygen atoms in total.